The van der Waals surface area contributed by atoms with Gasteiger partial charge in [-0.2, -0.15) is 0 Å². The minimum atomic E-state index is -0.494. The van der Waals surface area contributed by atoms with Crippen LogP contribution < -0.4 is 10.6 Å². The number of hydrogen-bond acceptors (Lipinski definition) is 4. The zero-order valence-corrected chi connectivity index (χ0v) is 7.83. The lowest BCUT2D eigenvalue weighted by atomic mass is 10.2. The number of carbonyl (C=O) groups excluding carboxylic acids is 1. The number of rotatable bonds is 2. The average Bonchev–Trinajstić information content (AvgIpc) is 2.66. The quantitative estimate of drug-likeness (QED) is 0.781. The van der Waals surface area contributed by atoms with Gasteiger partial charge in [0.1, 0.15) is 0 Å². The van der Waals surface area contributed by atoms with Gasteiger partial charge in [-0.15, -0.1) is 5.10 Å². The smallest absolute Gasteiger partial charge is 0.365 e. The summed E-state index contributed by atoms with van der Waals surface area (Å²) in [6, 6.07) is 10.2. The Morgan fingerprint density at radius 1 is 1.27 bits per heavy atom. The Balaban J connectivity index is 2.15. The van der Waals surface area contributed by atoms with Crippen molar-refractivity contribution < 1.29 is 9.63 Å². The predicted octanol–water partition coefficient (Wildman–Crippen LogP) is 0.734. The summed E-state index contributed by atoms with van der Waals surface area (Å²) in [7, 11) is 0. The molecule has 1 aromatic carbocycles. The van der Waals surface area contributed by atoms with Gasteiger partial charge in [0.05, 0.1) is 11.8 Å². The maximum atomic E-state index is 11.5. The number of hydrogen-bond donors (Lipinski definition) is 1. The van der Waals surface area contributed by atoms with Crippen molar-refractivity contribution >= 4 is 11.8 Å². The van der Waals surface area contributed by atoms with Crippen molar-refractivity contribution in [1.29, 1.82) is 0 Å². The van der Waals surface area contributed by atoms with E-state index >= 15 is 0 Å². The molecule has 1 aromatic heterocycles. The summed E-state index contributed by atoms with van der Waals surface area (Å²) >= 11 is 0. The predicted molar refractivity (Wildman–Crippen MR) is 54.0 cm³/mol. The fourth-order valence-electron chi connectivity index (χ4n) is 1.08. The van der Waals surface area contributed by atoms with Gasteiger partial charge in [-0.25, -0.2) is 4.79 Å². The number of anilines is 1. The SMILES string of the molecule is Nc1ccnn1OC(=O)c1ccccc1. The van der Waals surface area contributed by atoms with Crippen molar-refractivity contribution in [2.75, 3.05) is 5.73 Å². The molecule has 0 bridgehead atoms. The van der Waals surface area contributed by atoms with Crippen LogP contribution in [0.4, 0.5) is 5.82 Å². The third-order valence-corrected chi connectivity index (χ3v) is 1.82. The van der Waals surface area contributed by atoms with Gasteiger partial charge in [0.2, 0.25) is 0 Å². The van der Waals surface area contributed by atoms with Crippen molar-refractivity contribution in [3.8, 4) is 0 Å². The number of nitrogens with two attached hydrogens (primary N) is 1. The van der Waals surface area contributed by atoms with Crippen LogP contribution in [0, 0.1) is 0 Å². The maximum absolute atomic E-state index is 11.5. The van der Waals surface area contributed by atoms with Gasteiger partial charge in [0.15, 0.2) is 5.82 Å². The van der Waals surface area contributed by atoms with Crippen molar-refractivity contribution in [2.45, 2.75) is 0 Å². The largest absolute Gasteiger partial charge is 0.381 e. The van der Waals surface area contributed by atoms with Crippen molar-refractivity contribution in [3.63, 3.8) is 0 Å². The Morgan fingerprint density at radius 3 is 2.60 bits per heavy atom. The van der Waals surface area contributed by atoms with E-state index in [9.17, 15) is 4.79 Å². The van der Waals surface area contributed by atoms with Crippen LogP contribution in [0.15, 0.2) is 42.6 Å². The molecule has 0 spiro atoms. The molecule has 0 aliphatic carbocycles. The summed E-state index contributed by atoms with van der Waals surface area (Å²) in [6.45, 7) is 0. The van der Waals surface area contributed by atoms with Gasteiger partial charge in [-0.1, -0.05) is 23.0 Å². The Labute approximate surface area is 86.0 Å². The molecule has 2 N–H and O–H groups in total. The molecule has 0 aliphatic rings. The van der Waals surface area contributed by atoms with Gasteiger partial charge in [-0.3, -0.25) is 0 Å². The van der Waals surface area contributed by atoms with Crippen molar-refractivity contribution in [1.82, 2.24) is 9.94 Å². The topological polar surface area (TPSA) is 70.1 Å². The Hall–Kier alpha value is -2.30. The molecular formula is C10H9N3O2. The molecule has 0 unspecified atom stereocenters. The van der Waals surface area contributed by atoms with Gasteiger partial charge in [0, 0.05) is 6.07 Å². The molecule has 15 heavy (non-hydrogen) atoms. The molecule has 2 rings (SSSR count). The van der Waals surface area contributed by atoms with E-state index in [4.69, 9.17) is 10.6 Å². The first kappa shape index (κ1) is 9.26. The molecule has 1 heterocycles. The highest BCUT2D eigenvalue weighted by Gasteiger charge is 2.09. The minimum Gasteiger partial charge on any atom is -0.381 e. The summed E-state index contributed by atoms with van der Waals surface area (Å²) in [4.78, 5) is 17.4. The third kappa shape index (κ3) is 1.96. The Morgan fingerprint density at radius 2 is 2.00 bits per heavy atom. The van der Waals surface area contributed by atoms with Crippen LogP contribution in [0.1, 0.15) is 10.4 Å². The number of carbonyl (C=O) groups is 1. The van der Waals surface area contributed by atoms with Crippen LogP contribution in [0.25, 0.3) is 0 Å². The third-order valence-electron chi connectivity index (χ3n) is 1.82. The lowest BCUT2D eigenvalue weighted by Gasteiger charge is -2.03. The van der Waals surface area contributed by atoms with E-state index < -0.39 is 5.97 Å². The molecule has 0 amide bonds. The molecule has 0 atom stereocenters. The average molecular weight is 203 g/mol. The second-order valence-corrected chi connectivity index (χ2v) is 2.87. The zero-order chi connectivity index (χ0) is 10.7. The van der Waals surface area contributed by atoms with E-state index in [2.05, 4.69) is 5.10 Å². The van der Waals surface area contributed by atoms with Gasteiger partial charge >= 0.3 is 5.97 Å². The maximum Gasteiger partial charge on any atom is 0.365 e. The monoisotopic (exact) mass is 203 g/mol. The summed E-state index contributed by atoms with van der Waals surface area (Å²) in [5.74, 6) is -0.217. The summed E-state index contributed by atoms with van der Waals surface area (Å²) < 4.78 is 0. The van der Waals surface area contributed by atoms with Crippen LogP contribution in [-0.4, -0.2) is 15.9 Å². The molecule has 5 nitrogen and oxygen atoms in total. The lowest BCUT2D eigenvalue weighted by Crippen LogP contribution is -2.22. The van der Waals surface area contributed by atoms with E-state index in [1.165, 1.54) is 12.3 Å². The van der Waals surface area contributed by atoms with Crippen molar-refractivity contribution in [2.24, 2.45) is 0 Å². The van der Waals surface area contributed by atoms with Gasteiger partial charge in [0.25, 0.3) is 0 Å². The normalized spacial score (nSPS) is 9.87. The number of benzene rings is 1. The molecule has 0 aliphatic heterocycles. The molecule has 0 saturated carbocycles. The molecule has 2 aromatic rings. The summed E-state index contributed by atoms with van der Waals surface area (Å²) in [6.07, 6.45) is 1.45. The number of nitrogen functional groups attached to an aromatic ring is 1. The van der Waals surface area contributed by atoms with E-state index in [-0.39, 0.29) is 5.82 Å². The fraction of sp³-hybridized carbons (Fsp3) is 0. The molecular weight excluding hydrogens is 194 g/mol. The van der Waals surface area contributed by atoms with Gasteiger partial charge in [-0.05, 0) is 12.1 Å². The fourth-order valence-corrected chi connectivity index (χ4v) is 1.08. The highest BCUT2D eigenvalue weighted by Crippen LogP contribution is 2.01. The number of nitrogens with zero attached hydrogens (tertiary/aromatic N) is 2. The van der Waals surface area contributed by atoms with Crippen LogP contribution in [-0.2, 0) is 0 Å². The van der Waals surface area contributed by atoms with Crippen LogP contribution in [0.2, 0.25) is 0 Å². The van der Waals surface area contributed by atoms with E-state index in [1.54, 1.807) is 24.3 Å². The van der Waals surface area contributed by atoms with Crippen LogP contribution >= 0.6 is 0 Å². The van der Waals surface area contributed by atoms with E-state index in [1.807, 2.05) is 6.07 Å². The second kappa shape index (κ2) is 3.83. The first-order chi connectivity index (χ1) is 7.27. The molecule has 5 heteroatoms. The lowest BCUT2D eigenvalue weighted by molar-refractivity contribution is 0.0407. The Bertz CT molecular complexity index is 465. The zero-order valence-electron chi connectivity index (χ0n) is 7.83. The first-order valence-corrected chi connectivity index (χ1v) is 4.34. The van der Waals surface area contributed by atoms with E-state index in [0.717, 1.165) is 4.85 Å². The number of aromatic nitrogens is 2. The highest BCUT2D eigenvalue weighted by atomic mass is 16.7. The summed E-state index contributed by atoms with van der Waals surface area (Å²) in [5.41, 5.74) is 5.94. The van der Waals surface area contributed by atoms with Gasteiger partial charge < -0.3 is 10.6 Å². The standard InChI is InChI=1S/C10H9N3O2/c11-9-6-7-12-13(9)15-10(14)8-4-2-1-3-5-8/h1-7H,11H2. The molecule has 0 saturated heterocycles. The molecule has 0 fully saturated rings. The van der Waals surface area contributed by atoms with Crippen LogP contribution in [0.3, 0.4) is 0 Å². The minimum absolute atomic E-state index is 0.277. The Kier molecular flexibility index (Phi) is 2.37. The highest BCUT2D eigenvalue weighted by molar-refractivity contribution is 5.89. The van der Waals surface area contributed by atoms with E-state index in [0.29, 0.717) is 5.56 Å². The molecule has 76 valence electrons. The van der Waals surface area contributed by atoms with Crippen molar-refractivity contribution in [3.05, 3.63) is 48.2 Å². The first-order valence-electron chi connectivity index (χ1n) is 4.34. The van der Waals surface area contributed by atoms with Crippen LogP contribution in [0.5, 0.6) is 0 Å². The molecule has 0 radical (unpaired) electrons. The second-order valence-electron chi connectivity index (χ2n) is 2.87. The summed E-state index contributed by atoms with van der Waals surface area (Å²) in [5, 5.41) is 3.73.